The van der Waals surface area contributed by atoms with Crippen molar-refractivity contribution in [3.05, 3.63) is 28.5 Å². The Morgan fingerprint density at radius 2 is 2.11 bits per heavy atom. The van der Waals surface area contributed by atoms with Gasteiger partial charge in [-0.3, -0.25) is 0 Å². The summed E-state index contributed by atoms with van der Waals surface area (Å²) >= 11 is 3.23. The topological polar surface area (TPSA) is 43.4 Å². The van der Waals surface area contributed by atoms with E-state index in [0.29, 0.717) is 0 Å². The van der Waals surface area contributed by atoms with Crippen molar-refractivity contribution in [1.82, 2.24) is 11.1 Å². The zero-order valence-corrected chi connectivity index (χ0v) is 6.59. The molecule has 0 bridgehead atoms. The van der Waals surface area contributed by atoms with Gasteiger partial charge in [0, 0.05) is 12.3 Å². The molecule has 0 unspecified atom stereocenters. The Balaban J connectivity index is 0.000000640. The first-order chi connectivity index (χ1) is 3.79. The van der Waals surface area contributed by atoms with Gasteiger partial charge in [-0.1, -0.05) is 6.07 Å². The summed E-state index contributed by atoms with van der Waals surface area (Å²) in [5.74, 6) is 0. The van der Waals surface area contributed by atoms with E-state index in [0.717, 1.165) is 4.60 Å². The second kappa shape index (κ2) is 3.58. The third-order valence-corrected chi connectivity index (χ3v) is 1.34. The van der Waals surface area contributed by atoms with E-state index < -0.39 is 0 Å². The van der Waals surface area contributed by atoms with E-state index in [1.807, 2.05) is 25.3 Å². The van der Waals surface area contributed by atoms with Crippen molar-refractivity contribution in [3.63, 3.8) is 0 Å². The number of hydrogen-bond acceptors (Lipinski definition) is 1. The molecule has 9 heavy (non-hydrogen) atoms. The lowest BCUT2D eigenvalue weighted by Gasteiger charge is -1.87. The van der Waals surface area contributed by atoms with Crippen molar-refractivity contribution >= 4 is 15.9 Å². The van der Waals surface area contributed by atoms with Crippen LogP contribution in [0.3, 0.4) is 0 Å². The molecular formula is C6H6BrN2. The molecular weight excluding hydrogens is 180 g/mol. The third kappa shape index (κ3) is 2.58. The molecule has 0 spiro atoms. The molecule has 1 rings (SSSR count). The number of nitrogens with zero attached hydrogens (tertiary/aromatic N) is 2. The van der Waals surface area contributed by atoms with E-state index in [-0.39, 0.29) is 6.15 Å². The predicted octanol–water partition coefficient (Wildman–Crippen LogP) is 1.67. The Hall–Kier alpha value is -0.410. The number of aryl methyl sites for hydroxylation is 1. The van der Waals surface area contributed by atoms with Gasteiger partial charge in [0.2, 0.25) is 0 Å². The zero-order chi connectivity index (χ0) is 5.98. The van der Waals surface area contributed by atoms with Gasteiger partial charge in [0.15, 0.2) is 0 Å². The summed E-state index contributed by atoms with van der Waals surface area (Å²) < 4.78 is 0.892. The first-order valence-corrected chi connectivity index (χ1v) is 3.16. The highest BCUT2D eigenvalue weighted by molar-refractivity contribution is 9.10. The van der Waals surface area contributed by atoms with Crippen molar-refractivity contribution in [3.8, 4) is 0 Å². The van der Waals surface area contributed by atoms with Gasteiger partial charge in [-0.05, 0) is 34.5 Å². The molecule has 2 nitrogen and oxygen atoms in total. The molecule has 0 fully saturated rings. The fourth-order valence-electron chi connectivity index (χ4n) is 0.450. The number of rotatable bonds is 0. The maximum atomic E-state index is 4.00. The van der Waals surface area contributed by atoms with E-state index in [2.05, 4.69) is 20.9 Å². The van der Waals surface area contributed by atoms with Gasteiger partial charge in [-0.2, -0.15) is 0 Å². The van der Waals surface area contributed by atoms with Crippen LogP contribution in [0.5, 0.6) is 0 Å². The van der Waals surface area contributed by atoms with Crippen molar-refractivity contribution in [1.29, 1.82) is 0 Å². The Kier molecular flexibility index (Phi) is 3.42. The molecule has 0 atom stereocenters. The second-order valence-electron chi connectivity index (χ2n) is 1.66. The lowest BCUT2D eigenvalue weighted by Crippen LogP contribution is -1.74. The Bertz CT molecular complexity index is 150. The summed E-state index contributed by atoms with van der Waals surface area (Å²) in [5.41, 5.74) is 1.19. The van der Waals surface area contributed by atoms with Crippen LogP contribution in [-0.4, -0.2) is 4.98 Å². The summed E-state index contributed by atoms with van der Waals surface area (Å²) in [6, 6.07) is 3.94. The smallest absolute Gasteiger partial charge is 0.106 e. The van der Waals surface area contributed by atoms with Crippen LogP contribution >= 0.6 is 15.9 Å². The van der Waals surface area contributed by atoms with Gasteiger partial charge in [0.05, 0.1) is 0 Å². The molecule has 1 aromatic rings. The minimum Gasteiger partial charge on any atom is -0.249 e. The van der Waals surface area contributed by atoms with Crippen LogP contribution in [0.2, 0.25) is 0 Å². The van der Waals surface area contributed by atoms with Crippen LogP contribution < -0.4 is 6.15 Å². The van der Waals surface area contributed by atoms with Crippen LogP contribution in [0.1, 0.15) is 5.56 Å². The normalized spacial score (nSPS) is 8.22. The van der Waals surface area contributed by atoms with E-state index in [4.69, 9.17) is 0 Å². The lowest BCUT2D eigenvalue weighted by molar-refractivity contribution is 1.23. The molecule has 0 saturated heterocycles. The van der Waals surface area contributed by atoms with Crippen LogP contribution in [0.15, 0.2) is 22.9 Å². The summed E-state index contributed by atoms with van der Waals surface area (Å²) in [6.45, 7) is 2.01. The predicted molar refractivity (Wildman–Crippen MR) is 38.8 cm³/mol. The van der Waals surface area contributed by atoms with E-state index in [9.17, 15) is 0 Å². The van der Waals surface area contributed by atoms with Crippen LogP contribution in [0.4, 0.5) is 0 Å². The minimum atomic E-state index is 0. The average molecular weight is 186 g/mol. The lowest BCUT2D eigenvalue weighted by atomic mass is 10.3. The van der Waals surface area contributed by atoms with Crippen LogP contribution in [0.25, 0.3) is 0 Å². The molecule has 3 radical (unpaired) electrons. The van der Waals surface area contributed by atoms with Crippen LogP contribution in [-0.2, 0) is 0 Å². The van der Waals surface area contributed by atoms with Crippen molar-refractivity contribution < 1.29 is 0 Å². The molecule has 47 valence electrons. The number of halogens is 1. The van der Waals surface area contributed by atoms with Gasteiger partial charge >= 0.3 is 0 Å². The van der Waals surface area contributed by atoms with Gasteiger partial charge in [0.25, 0.3) is 0 Å². The molecule has 1 heterocycles. The van der Waals surface area contributed by atoms with Crippen LogP contribution in [0, 0.1) is 6.92 Å². The van der Waals surface area contributed by atoms with Gasteiger partial charge in [-0.25, -0.2) is 4.98 Å². The summed E-state index contributed by atoms with van der Waals surface area (Å²) in [4.78, 5) is 4.00. The zero-order valence-electron chi connectivity index (χ0n) is 5.00. The van der Waals surface area contributed by atoms with E-state index in [1.165, 1.54) is 5.56 Å². The van der Waals surface area contributed by atoms with E-state index >= 15 is 0 Å². The maximum absolute atomic E-state index is 4.00. The standard InChI is InChI=1S/C6H6BrN.N/c1-5-2-3-6(7)8-4-5;/h2-4H,1H3;. The first kappa shape index (κ1) is 8.59. The fraction of sp³-hybridized carbons (Fsp3) is 0.167. The minimum absolute atomic E-state index is 0. The number of aromatic nitrogens is 1. The molecule has 0 aliphatic carbocycles. The molecule has 0 N–H and O–H groups in total. The first-order valence-electron chi connectivity index (χ1n) is 2.37. The SMILES string of the molecule is Cc1ccc(Br)nc1.[N]. The second-order valence-corrected chi connectivity index (χ2v) is 2.47. The highest BCUT2D eigenvalue weighted by atomic mass is 79.9. The Morgan fingerprint density at radius 1 is 1.44 bits per heavy atom. The van der Waals surface area contributed by atoms with Crippen molar-refractivity contribution in [2.45, 2.75) is 6.92 Å². The summed E-state index contributed by atoms with van der Waals surface area (Å²) in [5, 5.41) is 0. The summed E-state index contributed by atoms with van der Waals surface area (Å²) in [7, 11) is 0. The molecule has 0 amide bonds. The molecule has 0 aromatic carbocycles. The van der Waals surface area contributed by atoms with Crippen molar-refractivity contribution in [2.75, 3.05) is 0 Å². The third-order valence-electron chi connectivity index (χ3n) is 0.875. The van der Waals surface area contributed by atoms with Gasteiger partial charge in [-0.15, -0.1) is 0 Å². The number of hydrogen-bond donors (Lipinski definition) is 0. The number of pyridine rings is 1. The molecule has 0 aliphatic heterocycles. The molecule has 0 saturated carbocycles. The largest absolute Gasteiger partial charge is 0.249 e. The maximum Gasteiger partial charge on any atom is 0.106 e. The summed E-state index contributed by atoms with van der Waals surface area (Å²) in [6.07, 6.45) is 1.82. The highest BCUT2D eigenvalue weighted by Gasteiger charge is 1.82. The molecule has 0 aliphatic rings. The van der Waals surface area contributed by atoms with Gasteiger partial charge < -0.3 is 0 Å². The molecule has 3 heteroatoms. The quantitative estimate of drug-likeness (QED) is 0.568. The monoisotopic (exact) mass is 185 g/mol. The van der Waals surface area contributed by atoms with E-state index in [1.54, 1.807) is 0 Å². The average Bonchev–Trinajstić information content (AvgIpc) is 1.77. The Morgan fingerprint density at radius 3 is 2.44 bits per heavy atom. The molecule has 1 aromatic heterocycles. The fourth-order valence-corrected chi connectivity index (χ4v) is 0.684. The Labute approximate surface area is 63.0 Å². The van der Waals surface area contributed by atoms with Crippen molar-refractivity contribution in [2.24, 2.45) is 0 Å². The van der Waals surface area contributed by atoms with Gasteiger partial charge in [0.1, 0.15) is 4.60 Å². The highest BCUT2D eigenvalue weighted by Crippen LogP contribution is 2.04.